The van der Waals surface area contributed by atoms with E-state index in [2.05, 4.69) is 123 Å². The Bertz CT molecular complexity index is 4790. The second kappa shape index (κ2) is 23.6. The summed E-state index contributed by atoms with van der Waals surface area (Å²) in [6, 6.07) is 44.4. The Labute approximate surface area is 513 Å². The van der Waals surface area contributed by atoms with Gasteiger partial charge in [0, 0.05) is 65.0 Å². The highest BCUT2D eigenvalue weighted by Gasteiger charge is 2.35. The zero-order valence-corrected chi connectivity index (χ0v) is 47.6. The molecule has 3 aliphatic heterocycles. The summed E-state index contributed by atoms with van der Waals surface area (Å²) in [5.41, 5.74) is 11.2. The molecule has 0 fully saturated rings. The minimum absolute atomic E-state index is 0.0138. The molecule has 2 radical (unpaired) electrons. The van der Waals surface area contributed by atoms with Gasteiger partial charge in [-0.15, -0.1) is 12.0 Å². The van der Waals surface area contributed by atoms with Crippen LogP contribution in [-0.4, -0.2) is 30.8 Å². The van der Waals surface area contributed by atoms with Crippen LogP contribution in [0.5, 0.6) is 11.5 Å². The number of para-hydroxylation sites is 3. The number of nitrogens with zero attached hydrogens (tertiary/aromatic N) is 4. The molecule has 85 heavy (non-hydrogen) atoms. The van der Waals surface area contributed by atoms with E-state index >= 15 is 0 Å². The molecule has 0 aliphatic carbocycles. The number of ether oxygens (including phenoxy) is 1. The molecule has 3 aliphatic rings. The lowest BCUT2D eigenvalue weighted by Gasteiger charge is -2.32. The SMILES string of the molecule is [2H]c1c([2H])c([2H])c(-c2cc(Oc3ccc4c5c([2H])c([2H])c([2H])c([2H])c5n(-c5cc(C(C)(c6ccccc6)c6ccccc6)ccn5)c4c3)cc(N3CN(c4c(/C5=C/C=C\N/C=C\C=C/[B]5)cc(C(C)(C)C)cc4/C4=C/C=C\N/C=C\C=C/[B]4)c4ccccc43)c2)c([2H])c1[2H]. The van der Waals surface area contributed by atoms with Gasteiger partial charge < -0.3 is 25.2 Å². The maximum atomic E-state index is 9.49. The molecular weight excluding hydrogens is 1030 g/mol. The second-order valence-electron chi connectivity index (χ2n) is 22.1. The predicted molar refractivity (Wildman–Crippen MR) is 358 cm³/mol. The molecule has 0 bridgehead atoms. The quantitative estimate of drug-likeness (QED) is 0.126. The van der Waals surface area contributed by atoms with Crippen LogP contribution in [0, 0.1) is 0 Å². The van der Waals surface area contributed by atoms with Crippen molar-refractivity contribution in [2.75, 3.05) is 16.5 Å². The summed E-state index contributed by atoms with van der Waals surface area (Å²) in [5, 5.41) is 7.31. The summed E-state index contributed by atoms with van der Waals surface area (Å²) in [6.45, 7) is 9.06. The minimum Gasteiger partial charge on any atom is -0.457 e. The number of pyridine rings is 1. The van der Waals surface area contributed by atoms with E-state index in [1.54, 1.807) is 35.0 Å². The molecule has 0 spiro atoms. The zero-order chi connectivity index (χ0) is 65.6. The van der Waals surface area contributed by atoms with Gasteiger partial charge in [0.05, 0.1) is 40.4 Å². The van der Waals surface area contributed by atoms with Crippen molar-refractivity contribution in [2.24, 2.45) is 0 Å². The van der Waals surface area contributed by atoms with Gasteiger partial charge in [-0.3, -0.25) is 4.57 Å². The lowest BCUT2D eigenvalue weighted by atomic mass is 9.62. The summed E-state index contributed by atoms with van der Waals surface area (Å²) < 4.78 is 90.5. The first-order valence-electron chi connectivity index (χ1n) is 32.9. The summed E-state index contributed by atoms with van der Waals surface area (Å²) in [5.74, 6) is 5.06. The van der Waals surface area contributed by atoms with Gasteiger partial charge in [0.2, 0.25) is 0 Å². The van der Waals surface area contributed by atoms with Crippen LogP contribution in [0.1, 0.15) is 73.4 Å². The van der Waals surface area contributed by atoms with Crippen LogP contribution < -0.4 is 25.2 Å². The third-order valence-corrected chi connectivity index (χ3v) is 15.8. The van der Waals surface area contributed by atoms with Crippen molar-refractivity contribution in [3.8, 4) is 28.4 Å². The van der Waals surface area contributed by atoms with Crippen molar-refractivity contribution in [3.05, 3.63) is 325 Å². The van der Waals surface area contributed by atoms with Gasteiger partial charge in [-0.1, -0.05) is 177 Å². The number of aromatic nitrogens is 2. The average molecular weight is 1110 g/mol. The fourth-order valence-electron chi connectivity index (χ4n) is 11.5. The summed E-state index contributed by atoms with van der Waals surface area (Å²) in [7, 11) is 4.24. The molecule has 0 amide bonds. The summed E-state index contributed by atoms with van der Waals surface area (Å²) >= 11 is 0. The van der Waals surface area contributed by atoms with Crippen LogP contribution in [0.15, 0.2) is 292 Å². The Morgan fingerprint density at radius 2 is 1.12 bits per heavy atom. The van der Waals surface area contributed by atoms with E-state index in [1.165, 1.54) is 0 Å². The van der Waals surface area contributed by atoms with Crippen LogP contribution in [-0.2, 0) is 10.8 Å². The van der Waals surface area contributed by atoms with Gasteiger partial charge in [-0.2, -0.15) is 0 Å². The first-order valence-corrected chi connectivity index (χ1v) is 28.4. The molecule has 10 aromatic rings. The molecule has 13 rings (SSSR count). The number of nitrogens with one attached hydrogen (secondary N) is 2. The monoisotopic (exact) mass is 1110 g/mol. The van der Waals surface area contributed by atoms with Gasteiger partial charge in [-0.05, 0) is 148 Å². The van der Waals surface area contributed by atoms with Crippen molar-refractivity contribution >= 4 is 70.1 Å². The Morgan fingerprint density at radius 3 is 1.78 bits per heavy atom. The number of fused-ring (bicyclic) bond motifs is 4. The molecule has 0 unspecified atom stereocenters. The highest BCUT2D eigenvalue weighted by Crippen LogP contribution is 2.51. The van der Waals surface area contributed by atoms with Crippen LogP contribution in [0.25, 0.3) is 49.7 Å². The molecule has 0 atom stereocenters. The molecule has 2 aromatic heterocycles. The van der Waals surface area contributed by atoms with Crippen molar-refractivity contribution < 1.29 is 17.1 Å². The van der Waals surface area contributed by atoms with E-state index in [1.807, 2.05) is 146 Å². The highest BCUT2D eigenvalue weighted by atomic mass is 16.5. The molecule has 0 saturated carbocycles. The van der Waals surface area contributed by atoms with Gasteiger partial charge in [0.1, 0.15) is 24.0 Å². The first-order chi connectivity index (χ1) is 45.4. The maximum Gasteiger partial charge on any atom is 0.182 e. The third-order valence-electron chi connectivity index (χ3n) is 15.8. The van der Waals surface area contributed by atoms with E-state index in [-0.39, 0.29) is 59.1 Å². The van der Waals surface area contributed by atoms with Crippen LogP contribution in [0.2, 0.25) is 0 Å². The smallest absolute Gasteiger partial charge is 0.182 e. The molecule has 410 valence electrons. The van der Waals surface area contributed by atoms with E-state index in [9.17, 15) is 5.48 Å². The number of benzene rings is 8. The second-order valence-corrected chi connectivity index (χ2v) is 22.1. The van der Waals surface area contributed by atoms with Gasteiger partial charge >= 0.3 is 0 Å². The van der Waals surface area contributed by atoms with Crippen molar-refractivity contribution in [3.63, 3.8) is 0 Å². The average Bonchev–Trinajstić information content (AvgIpc) is 1.55. The molecular formula is C76H64B2N6O. The maximum absolute atomic E-state index is 9.49. The lowest BCUT2D eigenvalue weighted by Crippen LogP contribution is -2.26. The molecule has 5 heterocycles. The Hall–Kier alpha value is -10.2. The van der Waals surface area contributed by atoms with Gasteiger partial charge in [0.25, 0.3) is 0 Å². The summed E-state index contributed by atoms with van der Waals surface area (Å²) in [4.78, 5) is 9.42. The van der Waals surface area contributed by atoms with E-state index in [0.29, 0.717) is 39.1 Å². The van der Waals surface area contributed by atoms with Gasteiger partial charge in [0.15, 0.2) is 14.6 Å². The molecule has 0 saturated heterocycles. The molecule has 8 aromatic carbocycles. The number of hydrogen-bond acceptors (Lipinski definition) is 6. The van der Waals surface area contributed by atoms with Crippen molar-refractivity contribution in [2.45, 2.75) is 38.5 Å². The Kier molecular flexibility index (Phi) is 12.3. The Morgan fingerprint density at radius 1 is 0.506 bits per heavy atom. The third kappa shape index (κ3) is 10.9. The largest absolute Gasteiger partial charge is 0.457 e. The number of allylic oxidation sites excluding steroid dienone is 8. The fourth-order valence-corrected chi connectivity index (χ4v) is 11.5. The van der Waals surface area contributed by atoms with E-state index in [0.717, 1.165) is 61.4 Å². The van der Waals surface area contributed by atoms with E-state index < -0.39 is 29.6 Å². The standard InChI is InChI=1S/C76H64B2N6O/c1-75(2,3)59-48-65(67-31-22-43-79-41-20-18-39-77-67)74(66(49-59)68-32-23-44-80-42-21-19-40-78-68)83-53-82(70-34-16-17-35-71(70)83)60-46-55(54-24-8-5-9-25-54)47-62(51-60)85-61-36-37-64-63-30-14-15-33-69(63)84(72(64)52-61)73-50-58(38-45-81-73)76(4,56-26-10-6-11-27-56)57-28-12-7-13-29-57/h5-52,79-80H,53H2,1-4H3/b39-18-,40-19-,41-20-,42-21-,43-22-,44-23-,67-31-,68-32-/i5D,8D,9D,14D,15D,24D,25D,30D,33D. The summed E-state index contributed by atoms with van der Waals surface area (Å²) in [6.07, 6.45) is 25.3. The molecule has 2 N–H and O–H groups in total. The first kappa shape index (κ1) is 44.4. The highest BCUT2D eigenvalue weighted by molar-refractivity contribution is 6.67. The fraction of sp³-hybridized carbons (Fsp3) is 0.0921. The normalized spacial score (nSPS) is 19.2. The predicted octanol–water partition coefficient (Wildman–Crippen LogP) is 17.9. The number of hydrogen-bond donors (Lipinski definition) is 2. The van der Waals surface area contributed by atoms with Crippen LogP contribution in [0.4, 0.5) is 22.7 Å². The lowest BCUT2D eigenvalue weighted by molar-refractivity contribution is 0.483. The Balaban J connectivity index is 1.01. The van der Waals surface area contributed by atoms with Crippen molar-refractivity contribution in [1.29, 1.82) is 0 Å². The topological polar surface area (TPSA) is 57.6 Å². The van der Waals surface area contributed by atoms with Crippen molar-refractivity contribution in [1.82, 2.24) is 20.2 Å². The minimum atomic E-state index is -0.687. The zero-order valence-electron chi connectivity index (χ0n) is 56.6. The van der Waals surface area contributed by atoms with Crippen LogP contribution >= 0.6 is 0 Å². The molecule has 9 heteroatoms. The van der Waals surface area contributed by atoms with Crippen LogP contribution in [0.3, 0.4) is 0 Å². The van der Waals surface area contributed by atoms with E-state index in [4.69, 9.17) is 16.6 Å². The number of anilines is 4. The molecule has 7 nitrogen and oxygen atoms in total. The van der Waals surface area contributed by atoms with Gasteiger partial charge in [-0.25, -0.2) is 4.98 Å². The number of rotatable bonds is 11.